The number of carbonyl (C=O) groups excluding carboxylic acids is 2. The van der Waals surface area contributed by atoms with Crippen molar-refractivity contribution in [2.75, 3.05) is 5.32 Å². The highest BCUT2D eigenvalue weighted by Crippen LogP contribution is 2.23. The van der Waals surface area contributed by atoms with Gasteiger partial charge in [0.15, 0.2) is 0 Å². The second-order valence-corrected chi connectivity index (χ2v) is 7.00. The molecule has 27 heavy (non-hydrogen) atoms. The molecule has 136 valence electrons. The Kier molecular flexibility index (Phi) is 5.78. The zero-order chi connectivity index (χ0) is 19.2. The second-order valence-electron chi connectivity index (χ2n) is 5.93. The van der Waals surface area contributed by atoms with Crippen molar-refractivity contribution in [2.24, 2.45) is 0 Å². The van der Waals surface area contributed by atoms with E-state index in [1.165, 1.54) is 6.92 Å². The summed E-state index contributed by atoms with van der Waals surface area (Å²) in [5.41, 5.74) is 3.55. The molecule has 2 aromatic carbocycles. The van der Waals surface area contributed by atoms with Gasteiger partial charge < -0.3 is 10.6 Å². The molecule has 0 atom stereocenters. The van der Waals surface area contributed by atoms with E-state index in [2.05, 4.69) is 15.6 Å². The van der Waals surface area contributed by atoms with Crippen LogP contribution in [0.3, 0.4) is 0 Å². The maximum absolute atomic E-state index is 12.6. The van der Waals surface area contributed by atoms with E-state index < -0.39 is 0 Å². The summed E-state index contributed by atoms with van der Waals surface area (Å²) < 4.78 is 0. The molecule has 0 aliphatic rings. The van der Waals surface area contributed by atoms with E-state index >= 15 is 0 Å². The molecule has 0 spiro atoms. The van der Waals surface area contributed by atoms with E-state index in [0.29, 0.717) is 5.69 Å². The lowest BCUT2D eigenvalue weighted by molar-refractivity contribution is -0.120. The van der Waals surface area contributed by atoms with Gasteiger partial charge in [-0.05, 0) is 30.7 Å². The number of hydrogen-bond donors (Lipinski definition) is 2. The first kappa shape index (κ1) is 18.5. The molecule has 0 radical (unpaired) electrons. The summed E-state index contributed by atoms with van der Waals surface area (Å²) in [6.45, 7) is 3.34. The van der Waals surface area contributed by atoms with Gasteiger partial charge in [0.05, 0.1) is 10.7 Å². The molecule has 0 aliphatic heterocycles. The van der Waals surface area contributed by atoms with E-state index in [0.717, 1.165) is 21.8 Å². The molecule has 0 aliphatic carbocycles. The van der Waals surface area contributed by atoms with Crippen molar-refractivity contribution in [3.05, 3.63) is 76.2 Å². The van der Waals surface area contributed by atoms with Crippen LogP contribution in [0, 0.1) is 6.92 Å². The van der Waals surface area contributed by atoms with Crippen LogP contribution < -0.4 is 10.6 Å². The fraction of sp³-hybridized carbons (Fsp3) is 0.0952. The number of aryl methyl sites for hydroxylation is 1. The molecule has 3 aromatic rings. The summed E-state index contributed by atoms with van der Waals surface area (Å²) in [5.74, 6) is -0.687. The summed E-state index contributed by atoms with van der Waals surface area (Å²) in [4.78, 5) is 28.5. The summed E-state index contributed by atoms with van der Waals surface area (Å²) in [7, 11) is 0. The maximum Gasteiger partial charge on any atom is 0.272 e. The molecule has 6 heteroatoms. The molecule has 5 nitrogen and oxygen atoms in total. The molecule has 2 amide bonds. The first-order valence-electron chi connectivity index (χ1n) is 8.39. The SMILES string of the molecule is CC(=O)N/C(=C\c1ccccc1)C(=O)Nc1ccc(-c2csc(C)n2)cc1. The minimum Gasteiger partial charge on any atom is -0.322 e. The Balaban J connectivity index is 1.77. The van der Waals surface area contributed by atoms with E-state index in [1.807, 2.05) is 66.9 Å². The predicted molar refractivity (Wildman–Crippen MR) is 109 cm³/mol. The van der Waals surface area contributed by atoms with Crippen LogP contribution in [0.4, 0.5) is 5.69 Å². The van der Waals surface area contributed by atoms with Crippen molar-refractivity contribution < 1.29 is 9.59 Å². The Morgan fingerprint density at radius 2 is 1.74 bits per heavy atom. The van der Waals surface area contributed by atoms with Crippen molar-refractivity contribution in [3.8, 4) is 11.3 Å². The Morgan fingerprint density at radius 3 is 2.33 bits per heavy atom. The summed E-state index contributed by atoms with van der Waals surface area (Å²) in [5, 5.41) is 8.41. The van der Waals surface area contributed by atoms with E-state index in [9.17, 15) is 9.59 Å². The van der Waals surface area contributed by atoms with Gasteiger partial charge in [0.1, 0.15) is 5.70 Å². The molecule has 0 saturated heterocycles. The largest absolute Gasteiger partial charge is 0.322 e. The van der Waals surface area contributed by atoms with Crippen molar-refractivity contribution in [2.45, 2.75) is 13.8 Å². The van der Waals surface area contributed by atoms with Gasteiger partial charge in [-0.15, -0.1) is 11.3 Å². The number of carbonyl (C=O) groups is 2. The predicted octanol–water partition coefficient (Wildman–Crippen LogP) is 4.23. The van der Waals surface area contributed by atoms with Crippen LogP contribution in [0.15, 0.2) is 65.7 Å². The first-order chi connectivity index (χ1) is 13.0. The molecule has 3 rings (SSSR count). The van der Waals surface area contributed by atoms with Crippen molar-refractivity contribution in [3.63, 3.8) is 0 Å². The number of benzene rings is 2. The number of hydrogen-bond acceptors (Lipinski definition) is 4. The molecule has 0 saturated carbocycles. The van der Waals surface area contributed by atoms with E-state index in [4.69, 9.17) is 0 Å². The lowest BCUT2D eigenvalue weighted by atomic mass is 10.1. The molecular formula is C21H19N3O2S. The summed E-state index contributed by atoms with van der Waals surface area (Å²) in [6, 6.07) is 16.8. The van der Waals surface area contributed by atoms with Crippen LogP contribution in [0.1, 0.15) is 17.5 Å². The van der Waals surface area contributed by atoms with Crippen molar-refractivity contribution in [1.82, 2.24) is 10.3 Å². The standard InChI is InChI=1S/C21H19N3O2S/c1-14(25)22-19(12-16-6-4-3-5-7-16)21(26)24-18-10-8-17(9-11-18)20-13-27-15(2)23-20/h3-13H,1-2H3,(H,22,25)(H,24,26)/b19-12-. The van der Waals surface area contributed by atoms with Gasteiger partial charge in [0, 0.05) is 23.6 Å². The number of thiazole rings is 1. The molecular weight excluding hydrogens is 358 g/mol. The Hall–Kier alpha value is -3.25. The van der Waals surface area contributed by atoms with Gasteiger partial charge in [0.25, 0.3) is 5.91 Å². The third kappa shape index (κ3) is 5.12. The number of amides is 2. The van der Waals surface area contributed by atoms with E-state index in [-0.39, 0.29) is 17.5 Å². The number of rotatable bonds is 5. The minimum absolute atomic E-state index is 0.188. The number of anilines is 1. The smallest absolute Gasteiger partial charge is 0.272 e. The van der Waals surface area contributed by atoms with E-state index in [1.54, 1.807) is 17.4 Å². The second kappa shape index (κ2) is 8.42. The van der Waals surface area contributed by atoms with Gasteiger partial charge in [-0.1, -0.05) is 42.5 Å². The fourth-order valence-electron chi connectivity index (χ4n) is 2.48. The van der Waals surface area contributed by atoms with Crippen LogP contribution in [0.5, 0.6) is 0 Å². The van der Waals surface area contributed by atoms with Crippen LogP contribution in [0.25, 0.3) is 17.3 Å². The Bertz CT molecular complexity index is 976. The number of nitrogens with one attached hydrogen (secondary N) is 2. The van der Waals surface area contributed by atoms with Crippen LogP contribution in [-0.2, 0) is 9.59 Å². The fourth-order valence-corrected chi connectivity index (χ4v) is 3.10. The van der Waals surface area contributed by atoms with Gasteiger partial charge >= 0.3 is 0 Å². The average Bonchev–Trinajstić information content (AvgIpc) is 3.09. The van der Waals surface area contributed by atoms with Gasteiger partial charge in [-0.2, -0.15) is 0 Å². The van der Waals surface area contributed by atoms with Crippen LogP contribution in [-0.4, -0.2) is 16.8 Å². The van der Waals surface area contributed by atoms with Gasteiger partial charge in [-0.25, -0.2) is 4.98 Å². The third-order valence-electron chi connectivity index (χ3n) is 3.72. The van der Waals surface area contributed by atoms with Gasteiger partial charge in [0.2, 0.25) is 5.91 Å². The average molecular weight is 377 g/mol. The molecule has 0 bridgehead atoms. The highest BCUT2D eigenvalue weighted by molar-refractivity contribution is 7.09. The Morgan fingerprint density at radius 1 is 1.04 bits per heavy atom. The zero-order valence-corrected chi connectivity index (χ0v) is 15.8. The molecule has 0 unspecified atom stereocenters. The number of nitrogens with zero attached hydrogens (tertiary/aromatic N) is 1. The molecule has 2 N–H and O–H groups in total. The maximum atomic E-state index is 12.6. The highest BCUT2D eigenvalue weighted by atomic mass is 32.1. The zero-order valence-electron chi connectivity index (χ0n) is 15.0. The number of aromatic nitrogens is 1. The highest BCUT2D eigenvalue weighted by Gasteiger charge is 2.12. The minimum atomic E-state index is -0.383. The normalized spacial score (nSPS) is 11.1. The molecule has 0 fully saturated rings. The summed E-state index contributed by atoms with van der Waals surface area (Å²) >= 11 is 1.60. The quantitative estimate of drug-likeness (QED) is 0.654. The monoisotopic (exact) mass is 377 g/mol. The Labute approximate surface area is 161 Å². The molecule has 1 heterocycles. The lowest BCUT2D eigenvalue weighted by Gasteiger charge is -2.10. The van der Waals surface area contributed by atoms with Crippen molar-refractivity contribution >= 4 is 34.9 Å². The molecule has 1 aromatic heterocycles. The van der Waals surface area contributed by atoms with Crippen molar-refractivity contribution in [1.29, 1.82) is 0 Å². The topological polar surface area (TPSA) is 71.1 Å². The third-order valence-corrected chi connectivity index (χ3v) is 4.50. The summed E-state index contributed by atoms with van der Waals surface area (Å²) in [6.07, 6.45) is 1.64. The van der Waals surface area contributed by atoms with Crippen LogP contribution >= 0.6 is 11.3 Å². The van der Waals surface area contributed by atoms with Gasteiger partial charge in [-0.3, -0.25) is 9.59 Å². The first-order valence-corrected chi connectivity index (χ1v) is 9.27. The lowest BCUT2D eigenvalue weighted by Crippen LogP contribution is -2.28. The van der Waals surface area contributed by atoms with Crippen LogP contribution in [0.2, 0.25) is 0 Å².